The third kappa shape index (κ3) is 9.53. The molecule has 3 aromatic carbocycles. The first kappa shape index (κ1) is 27.5. The Morgan fingerprint density at radius 3 is 2.14 bits per heavy atom. The van der Waals surface area contributed by atoms with Crippen LogP contribution in [0.4, 0.5) is 0 Å². The summed E-state index contributed by atoms with van der Waals surface area (Å²) < 4.78 is 0. The van der Waals surface area contributed by atoms with Gasteiger partial charge in [-0.05, 0) is 84.6 Å². The summed E-state index contributed by atoms with van der Waals surface area (Å²) in [7, 11) is 0. The van der Waals surface area contributed by atoms with Crippen molar-refractivity contribution in [1.82, 2.24) is 5.32 Å². The third-order valence-electron chi connectivity index (χ3n) is 6.73. The number of aryl methyl sites for hydroxylation is 2. The first-order valence-corrected chi connectivity index (χ1v) is 13.5. The van der Waals surface area contributed by atoms with Gasteiger partial charge in [-0.25, -0.2) is 0 Å². The van der Waals surface area contributed by atoms with Crippen molar-refractivity contribution in [2.24, 2.45) is 11.3 Å². The molecule has 190 valence electrons. The van der Waals surface area contributed by atoms with E-state index in [0.29, 0.717) is 5.92 Å². The molecule has 0 aliphatic rings. The summed E-state index contributed by atoms with van der Waals surface area (Å²) in [6.45, 7) is 18.8. The summed E-state index contributed by atoms with van der Waals surface area (Å²) >= 11 is 0. The molecule has 0 spiro atoms. The molecular formula is C35H45N. The average Bonchev–Trinajstić information content (AvgIpc) is 2.83. The second kappa shape index (κ2) is 13.3. The van der Waals surface area contributed by atoms with Gasteiger partial charge in [0, 0.05) is 12.2 Å². The van der Waals surface area contributed by atoms with Gasteiger partial charge in [0.25, 0.3) is 0 Å². The largest absolute Gasteiger partial charge is 0.385 e. The molecule has 0 fully saturated rings. The highest BCUT2D eigenvalue weighted by atomic mass is 14.9. The summed E-state index contributed by atoms with van der Waals surface area (Å²) in [6, 6.07) is 28.2. The molecule has 0 aliphatic heterocycles. The molecule has 0 saturated carbocycles. The van der Waals surface area contributed by atoms with Crippen molar-refractivity contribution in [2.45, 2.75) is 72.8 Å². The second-order valence-electron chi connectivity index (χ2n) is 11.6. The fraction of sp³-hybridized carbons (Fsp3) is 0.371. The SMILES string of the molecule is C=C(CC(CCCc1ccc(-c2ccccc2)c(C)c1)CC(=C)NCc1ccccc1)CC(C)(C)C. The Morgan fingerprint density at radius 1 is 0.833 bits per heavy atom. The maximum atomic E-state index is 4.45. The molecule has 3 aromatic rings. The Kier molecular flexibility index (Phi) is 10.2. The monoisotopic (exact) mass is 479 g/mol. The van der Waals surface area contributed by atoms with E-state index in [1.165, 1.54) is 46.2 Å². The van der Waals surface area contributed by atoms with Crippen LogP contribution in [0.15, 0.2) is 103 Å². The zero-order chi connectivity index (χ0) is 26.0. The van der Waals surface area contributed by atoms with Crippen molar-refractivity contribution in [3.05, 3.63) is 120 Å². The molecule has 1 heteroatoms. The lowest BCUT2D eigenvalue weighted by Gasteiger charge is -2.24. The van der Waals surface area contributed by atoms with Gasteiger partial charge in [-0.1, -0.05) is 118 Å². The highest BCUT2D eigenvalue weighted by Gasteiger charge is 2.17. The van der Waals surface area contributed by atoms with E-state index in [1.54, 1.807) is 0 Å². The third-order valence-corrected chi connectivity index (χ3v) is 6.73. The Morgan fingerprint density at radius 2 is 1.50 bits per heavy atom. The Hall–Kier alpha value is -3.06. The van der Waals surface area contributed by atoms with Crippen LogP contribution in [0.5, 0.6) is 0 Å². The van der Waals surface area contributed by atoms with Gasteiger partial charge in [-0.2, -0.15) is 0 Å². The van der Waals surface area contributed by atoms with Crippen molar-refractivity contribution in [1.29, 1.82) is 0 Å². The smallest absolute Gasteiger partial charge is 0.0397 e. The van der Waals surface area contributed by atoms with Crippen molar-refractivity contribution in [3.8, 4) is 11.1 Å². The van der Waals surface area contributed by atoms with Gasteiger partial charge in [0.15, 0.2) is 0 Å². The minimum Gasteiger partial charge on any atom is -0.385 e. The fourth-order valence-corrected chi connectivity index (χ4v) is 5.17. The standard InChI is InChI=1S/C35H45N/c1-27(25-35(4,5)6)22-32(24-29(3)36-26-31-14-9-7-10-15-31)17-13-16-30-20-21-34(28(2)23-30)33-18-11-8-12-19-33/h7-12,14-15,18-21,23,32,36H,1,3,13,16-17,22,24-26H2,2,4-6H3. The maximum Gasteiger partial charge on any atom is 0.0397 e. The van der Waals surface area contributed by atoms with Crippen molar-refractivity contribution in [3.63, 3.8) is 0 Å². The van der Waals surface area contributed by atoms with Gasteiger partial charge in [0.2, 0.25) is 0 Å². The number of allylic oxidation sites excluding steroid dienone is 2. The van der Waals surface area contributed by atoms with Crippen LogP contribution >= 0.6 is 0 Å². The van der Waals surface area contributed by atoms with Gasteiger partial charge in [-0.3, -0.25) is 0 Å². The van der Waals surface area contributed by atoms with E-state index >= 15 is 0 Å². The molecule has 0 aromatic heterocycles. The molecule has 1 atom stereocenters. The summed E-state index contributed by atoms with van der Waals surface area (Å²) in [5, 5.41) is 3.56. The van der Waals surface area contributed by atoms with Crippen LogP contribution in [0.25, 0.3) is 11.1 Å². The van der Waals surface area contributed by atoms with E-state index in [4.69, 9.17) is 0 Å². The predicted octanol–water partition coefficient (Wildman–Crippen LogP) is 9.68. The van der Waals surface area contributed by atoms with E-state index in [-0.39, 0.29) is 5.41 Å². The van der Waals surface area contributed by atoms with Crippen LogP contribution in [0, 0.1) is 18.3 Å². The summed E-state index contributed by atoms with van der Waals surface area (Å²) in [6.07, 6.45) is 6.64. The molecule has 1 N–H and O–H groups in total. The van der Waals surface area contributed by atoms with Gasteiger partial charge in [0.1, 0.15) is 0 Å². The van der Waals surface area contributed by atoms with Crippen LogP contribution in [0.1, 0.15) is 69.6 Å². The van der Waals surface area contributed by atoms with Gasteiger partial charge in [0.05, 0.1) is 0 Å². The van der Waals surface area contributed by atoms with Gasteiger partial charge >= 0.3 is 0 Å². The topological polar surface area (TPSA) is 12.0 Å². The van der Waals surface area contributed by atoms with Gasteiger partial charge < -0.3 is 5.32 Å². The highest BCUT2D eigenvalue weighted by molar-refractivity contribution is 5.67. The average molecular weight is 480 g/mol. The quantitative estimate of drug-likeness (QED) is 0.241. The fourth-order valence-electron chi connectivity index (χ4n) is 5.17. The molecule has 1 unspecified atom stereocenters. The van der Waals surface area contributed by atoms with Crippen molar-refractivity contribution >= 4 is 0 Å². The van der Waals surface area contributed by atoms with Crippen molar-refractivity contribution in [2.75, 3.05) is 0 Å². The lowest BCUT2D eigenvalue weighted by atomic mass is 9.82. The Bertz CT molecular complexity index is 1100. The van der Waals surface area contributed by atoms with E-state index in [2.05, 4.69) is 125 Å². The van der Waals surface area contributed by atoms with E-state index in [1.807, 2.05) is 0 Å². The van der Waals surface area contributed by atoms with E-state index < -0.39 is 0 Å². The minimum atomic E-state index is 0.280. The van der Waals surface area contributed by atoms with Crippen LogP contribution < -0.4 is 5.32 Å². The molecule has 0 radical (unpaired) electrons. The first-order valence-electron chi connectivity index (χ1n) is 13.5. The molecule has 36 heavy (non-hydrogen) atoms. The zero-order valence-corrected chi connectivity index (χ0v) is 22.9. The number of nitrogens with one attached hydrogen (secondary N) is 1. The van der Waals surface area contributed by atoms with Crippen LogP contribution in [0.3, 0.4) is 0 Å². The zero-order valence-electron chi connectivity index (χ0n) is 22.9. The lowest BCUT2D eigenvalue weighted by molar-refractivity contribution is 0.381. The van der Waals surface area contributed by atoms with E-state index in [9.17, 15) is 0 Å². The Labute approximate surface area is 220 Å². The van der Waals surface area contributed by atoms with Gasteiger partial charge in [-0.15, -0.1) is 0 Å². The predicted molar refractivity (Wildman–Crippen MR) is 158 cm³/mol. The molecule has 1 nitrogen and oxygen atoms in total. The first-order chi connectivity index (χ1) is 17.2. The minimum absolute atomic E-state index is 0.280. The normalized spacial score (nSPS) is 12.2. The maximum absolute atomic E-state index is 4.45. The van der Waals surface area contributed by atoms with E-state index in [0.717, 1.165) is 37.9 Å². The van der Waals surface area contributed by atoms with Crippen LogP contribution in [-0.2, 0) is 13.0 Å². The molecule has 0 amide bonds. The molecular weight excluding hydrogens is 434 g/mol. The van der Waals surface area contributed by atoms with Crippen LogP contribution in [-0.4, -0.2) is 0 Å². The molecule has 0 bridgehead atoms. The number of hydrogen-bond acceptors (Lipinski definition) is 1. The summed E-state index contributed by atoms with van der Waals surface area (Å²) in [4.78, 5) is 0. The van der Waals surface area contributed by atoms with Crippen LogP contribution in [0.2, 0.25) is 0 Å². The highest BCUT2D eigenvalue weighted by Crippen LogP contribution is 2.31. The number of hydrogen-bond donors (Lipinski definition) is 1. The molecule has 3 rings (SSSR count). The summed E-state index contributed by atoms with van der Waals surface area (Å²) in [5.74, 6) is 0.570. The molecule has 0 heterocycles. The lowest BCUT2D eigenvalue weighted by Crippen LogP contribution is -2.16. The van der Waals surface area contributed by atoms with Crippen molar-refractivity contribution < 1.29 is 0 Å². The Balaban J connectivity index is 1.57. The second-order valence-corrected chi connectivity index (χ2v) is 11.6. The molecule has 0 saturated heterocycles. The molecule has 0 aliphatic carbocycles. The number of benzene rings is 3. The summed E-state index contributed by atoms with van der Waals surface area (Å²) in [5.41, 5.74) is 9.48. The number of rotatable bonds is 13.